The minimum Gasteiger partial charge on any atom is -0.380 e. The van der Waals surface area contributed by atoms with Gasteiger partial charge in [0.25, 0.3) is 0 Å². The summed E-state index contributed by atoms with van der Waals surface area (Å²) in [6.07, 6.45) is 8.41. The Bertz CT molecular complexity index is 413. The van der Waals surface area contributed by atoms with Gasteiger partial charge in [0.1, 0.15) is 6.17 Å². The Kier molecular flexibility index (Phi) is 5.59. The Morgan fingerprint density at radius 2 is 2.16 bits per heavy atom. The van der Waals surface area contributed by atoms with Crippen molar-refractivity contribution in [2.75, 3.05) is 7.11 Å². The van der Waals surface area contributed by atoms with E-state index in [4.69, 9.17) is 4.74 Å². The summed E-state index contributed by atoms with van der Waals surface area (Å²) in [6, 6.07) is 8.52. The molecule has 1 fully saturated rings. The molecule has 104 valence electrons. The standard InChI is InChI=1S/C17H23FO/c1-19-13-16-8-4-7-14(11-16)5-2-3-6-15-9-10-17(18)12-15/h3-4,6-8,11,15,17H,2,5,9-10,12-13H2,1H3/b6-3+. The lowest BCUT2D eigenvalue weighted by atomic mass is 10.0. The second-order valence-electron chi connectivity index (χ2n) is 5.39. The molecule has 0 bridgehead atoms. The molecule has 0 saturated heterocycles. The maximum atomic E-state index is 13.0. The molecule has 1 nitrogen and oxygen atoms in total. The lowest BCUT2D eigenvalue weighted by Gasteiger charge is -2.04. The first-order valence-electron chi connectivity index (χ1n) is 7.15. The smallest absolute Gasteiger partial charge is 0.101 e. The fraction of sp³-hybridized carbons (Fsp3) is 0.529. The number of hydrogen-bond acceptors (Lipinski definition) is 1. The van der Waals surface area contributed by atoms with E-state index in [2.05, 4.69) is 36.4 Å². The molecule has 0 spiro atoms. The van der Waals surface area contributed by atoms with E-state index in [9.17, 15) is 4.39 Å². The number of hydrogen-bond donors (Lipinski definition) is 0. The van der Waals surface area contributed by atoms with Crippen molar-refractivity contribution in [2.45, 2.75) is 44.9 Å². The highest BCUT2D eigenvalue weighted by Crippen LogP contribution is 2.28. The number of allylic oxidation sites excluding steroid dienone is 2. The maximum absolute atomic E-state index is 13.0. The highest BCUT2D eigenvalue weighted by atomic mass is 19.1. The summed E-state index contributed by atoms with van der Waals surface area (Å²) in [4.78, 5) is 0. The fourth-order valence-electron chi connectivity index (χ4n) is 2.71. The Morgan fingerprint density at radius 1 is 1.32 bits per heavy atom. The molecule has 19 heavy (non-hydrogen) atoms. The first-order valence-corrected chi connectivity index (χ1v) is 7.15. The summed E-state index contributed by atoms with van der Waals surface area (Å²) in [6.45, 7) is 0.670. The molecule has 1 aliphatic rings. The first-order chi connectivity index (χ1) is 9.28. The van der Waals surface area contributed by atoms with Crippen molar-refractivity contribution in [2.24, 2.45) is 5.92 Å². The molecule has 0 amide bonds. The highest BCUT2D eigenvalue weighted by molar-refractivity contribution is 5.23. The minimum atomic E-state index is -0.569. The highest BCUT2D eigenvalue weighted by Gasteiger charge is 2.21. The topological polar surface area (TPSA) is 9.23 Å². The van der Waals surface area contributed by atoms with E-state index < -0.39 is 6.17 Å². The van der Waals surface area contributed by atoms with Gasteiger partial charge in [0.15, 0.2) is 0 Å². The van der Waals surface area contributed by atoms with Crippen LogP contribution in [0.15, 0.2) is 36.4 Å². The molecule has 0 radical (unpaired) electrons. The molecule has 2 atom stereocenters. The van der Waals surface area contributed by atoms with Crippen LogP contribution in [0.2, 0.25) is 0 Å². The summed E-state index contributed by atoms with van der Waals surface area (Å²) in [5.74, 6) is 0.467. The van der Waals surface area contributed by atoms with Crippen LogP contribution in [-0.2, 0) is 17.8 Å². The SMILES string of the molecule is COCc1cccc(CC/C=C/C2CCC(F)C2)c1. The molecule has 2 heteroatoms. The van der Waals surface area contributed by atoms with Crippen molar-refractivity contribution in [1.82, 2.24) is 0 Å². The van der Waals surface area contributed by atoms with E-state index in [-0.39, 0.29) is 0 Å². The average Bonchev–Trinajstić information content (AvgIpc) is 2.82. The van der Waals surface area contributed by atoms with Crippen LogP contribution in [0, 0.1) is 5.92 Å². The number of ether oxygens (including phenoxy) is 1. The predicted octanol–water partition coefficient (Wildman–Crippen LogP) is 4.46. The number of halogens is 1. The van der Waals surface area contributed by atoms with E-state index >= 15 is 0 Å². The van der Waals surface area contributed by atoms with Gasteiger partial charge in [-0.1, -0.05) is 36.4 Å². The van der Waals surface area contributed by atoms with Crippen LogP contribution in [0.3, 0.4) is 0 Å². The number of aryl methyl sites for hydroxylation is 1. The van der Waals surface area contributed by atoms with Gasteiger partial charge in [-0.15, -0.1) is 0 Å². The molecule has 1 aliphatic carbocycles. The van der Waals surface area contributed by atoms with Gasteiger partial charge in [-0.05, 0) is 49.1 Å². The largest absolute Gasteiger partial charge is 0.380 e. The summed E-state index contributed by atoms with van der Waals surface area (Å²) in [7, 11) is 1.72. The quantitative estimate of drug-likeness (QED) is 0.688. The van der Waals surface area contributed by atoms with Gasteiger partial charge in [-0.25, -0.2) is 4.39 Å². The Hall–Kier alpha value is -1.15. The van der Waals surface area contributed by atoms with Crippen molar-refractivity contribution in [3.05, 3.63) is 47.5 Å². The first kappa shape index (κ1) is 14.3. The predicted molar refractivity (Wildman–Crippen MR) is 76.9 cm³/mol. The molecular weight excluding hydrogens is 239 g/mol. The number of rotatable bonds is 6. The summed E-state index contributed by atoms with van der Waals surface area (Å²) in [5.41, 5.74) is 2.56. The van der Waals surface area contributed by atoms with Crippen LogP contribution in [0.1, 0.15) is 36.8 Å². The molecule has 1 aromatic carbocycles. The third-order valence-corrected chi connectivity index (χ3v) is 3.72. The molecule has 1 aromatic rings. The lowest BCUT2D eigenvalue weighted by molar-refractivity contribution is 0.185. The van der Waals surface area contributed by atoms with Gasteiger partial charge >= 0.3 is 0 Å². The van der Waals surface area contributed by atoms with Crippen LogP contribution in [0.5, 0.6) is 0 Å². The molecule has 0 heterocycles. The Morgan fingerprint density at radius 3 is 2.89 bits per heavy atom. The summed E-state index contributed by atoms with van der Waals surface area (Å²) < 4.78 is 18.2. The zero-order valence-corrected chi connectivity index (χ0v) is 11.6. The van der Waals surface area contributed by atoms with Gasteiger partial charge in [0.05, 0.1) is 6.61 Å². The van der Waals surface area contributed by atoms with Crippen LogP contribution in [-0.4, -0.2) is 13.3 Å². The van der Waals surface area contributed by atoms with E-state index in [1.165, 1.54) is 11.1 Å². The monoisotopic (exact) mass is 262 g/mol. The van der Waals surface area contributed by atoms with E-state index in [0.717, 1.165) is 32.1 Å². The second kappa shape index (κ2) is 7.44. The molecule has 2 rings (SSSR count). The molecule has 1 saturated carbocycles. The Labute approximate surface area is 115 Å². The minimum absolute atomic E-state index is 0.467. The van der Waals surface area contributed by atoms with Gasteiger partial charge < -0.3 is 4.74 Å². The normalized spacial score (nSPS) is 23.3. The zero-order valence-electron chi connectivity index (χ0n) is 11.6. The molecule has 0 aliphatic heterocycles. The summed E-state index contributed by atoms with van der Waals surface area (Å²) >= 11 is 0. The van der Waals surface area contributed by atoms with E-state index in [1.807, 2.05) is 0 Å². The van der Waals surface area contributed by atoms with Crippen molar-refractivity contribution >= 4 is 0 Å². The number of methoxy groups -OCH3 is 1. The van der Waals surface area contributed by atoms with Crippen molar-refractivity contribution < 1.29 is 9.13 Å². The molecular formula is C17H23FO. The van der Waals surface area contributed by atoms with Crippen LogP contribution >= 0.6 is 0 Å². The van der Waals surface area contributed by atoms with Gasteiger partial charge in [-0.3, -0.25) is 0 Å². The third-order valence-electron chi connectivity index (χ3n) is 3.72. The van der Waals surface area contributed by atoms with E-state index in [0.29, 0.717) is 12.5 Å². The number of benzene rings is 1. The van der Waals surface area contributed by atoms with Crippen LogP contribution in [0.25, 0.3) is 0 Å². The third kappa shape index (κ3) is 4.79. The zero-order chi connectivity index (χ0) is 13.5. The van der Waals surface area contributed by atoms with Crippen LogP contribution in [0.4, 0.5) is 4.39 Å². The number of alkyl halides is 1. The van der Waals surface area contributed by atoms with Crippen molar-refractivity contribution in [1.29, 1.82) is 0 Å². The van der Waals surface area contributed by atoms with E-state index in [1.54, 1.807) is 7.11 Å². The van der Waals surface area contributed by atoms with Crippen molar-refractivity contribution in [3.63, 3.8) is 0 Å². The van der Waals surface area contributed by atoms with Crippen LogP contribution < -0.4 is 0 Å². The molecule has 0 aromatic heterocycles. The molecule has 0 N–H and O–H groups in total. The van der Waals surface area contributed by atoms with Gasteiger partial charge in [-0.2, -0.15) is 0 Å². The lowest BCUT2D eigenvalue weighted by Crippen LogP contribution is -1.92. The fourth-order valence-corrected chi connectivity index (χ4v) is 2.71. The maximum Gasteiger partial charge on any atom is 0.101 e. The summed E-state index contributed by atoms with van der Waals surface area (Å²) in [5, 5.41) is 0. The van der Waals surface area contributed by atoms with Crippen molar-refractivity contribution in [3.8, 4) is 0 Å². The Balaban J connectivity index is 1.75. The second-order valence-corrected chi connectivity index (χ2v) is 5.39. The average molecular weight is 262 g/mol. The molecule has 2 unspecified atom stereocenters. The van der Waals surface area contributed by atoms with Gasteiger partial charge in [0.2, 0.25) is 0 Å². The van der Waals surface area contributed by atoms with Gasteiger partial charge in [0, 0.05) is 7.11 Å².